The van der Waals surface area contributed by atoms with Crippen LogP contribution in [0.3, 0.4) is 0 Å². The standard InChI is InChI=1S/C14H13F3N2O2/c15-14(16,17)9-2-1-3-10(6-9)19-7-11(20)18-12(13(19)21)8-4-5-8/h1-3,6,8,12H,4-5,7H2,(H,18,20). The van der Waals surface area contributed by atoms with Crippen molar-refractivity contribution in [1.29, 1.82) is 0 Å². The van der Waals surface area contributed by atoms with E-state index < -0.39 is 17.8 Å². The Bertz CT molecular complexity index is 596. The normalized spacial score (nSPS) is 23.2. The van der Waals surface area contributed by atoms with E-state index in [0.717, 1.165) is 29.9 Å². The minimum atomic E-state index is -4.48. The van der Waals surface area contributed by atoms with Crippen LogP contribution in [0.5, 0.6) is 0 Å². The lowest BCUT2D eigenvalue weighted by Gasteiger charge is -2.33. The van der Waals surface area contributed by atoms with Gasteiger partial charge in [0.25, 0.3) is 0 Å². The molecular weight excluding hydrogens is 285 g/mol. The van der Waals surface area contributed by atoms with E-state index >= 15 is 0 Å². The van der Waals surface area contributed by atoms with Crippen molar-refractivity contribution in [1.82, 2.24) is 5.32 Å². The molecular formula is C14H13F3N2O2. The Kier molecular flexibility index (Phi) is 3.15. The summed E-state index contributed by atoms with van der Waals surface area (Å²) < 4.78 is 38.2. The zero-order valence-corrected chi connectivity index (χ0v) is 11.0. The van der Waals surface area contributed by atoms with Gasteiger partial charge in [-0.15, -0.1) is 0 Å². The lowest BCUT2D eigenvalue weighted by Crippen LogP contribution is -2.59. The summed E-state index contributed by atoms with van der Waals surface area (Å²) in [7, 11) is 0. The third kappa shape index (κ3) is 2.72. The van der Waals surface area contributed by atoms with Gasteiger partial charge < -0.3 is 10.2 Å². The van der Waals surface area contributed by atoms with Crippen molar-refractivity contribution in [3.05, 3.63) is 29.8 Å². The molecule has 1 aliphatic heterocycles. The van der Waals surface area contributed by atoms with E-state index in [1.807, 2.05) is 0 Å². The Hall–Kier alpha value is -2.05. The van der Waals surface area contributed by atoms with E-state index in [1.54, 1.807) is 0 Å². The molecule has 1 N–H and O–H groups in total. The third-order valence-electron chi connectivity index (χ3n) is 3.73. The van der Waals surface area contributed by atoms with Gasteiger partial charge in [0.2, 0.25) is 11.8 Å². The summed E-state index contributed by atoms with van der Waals surface area (Å²) in [6.07, 6.45) is -2.77. The molecule has 2 fully saturated rings. The first-order chi connectivity index (χ1) is 9.86. The number of hydrogen-bond acceptors (Lipinski definition) is 2. The summed E-state index contributed by atoms with van der Waals surface area (Å²) in [5, 5.41) is 2.62. The van der Waals surface area contributed by atoms with Crippen molar-refractivity contribution in [2.75, 3.05) is 11.4 Å². The minimum Gasteiger partial charge on any atom is -0.342 e. The summed E-state index contributed by atoms with van der Waals surface area (Å²) in [5.74, 6) is -0.574. The number of rotatable bonds is 2. The van der Waals surface area contributed by atoms with Crippen LogP contribution in [0.25, 0.3) is 0 Å². The molecule has 1 atom stereocenters. The van der Waals surface area contributed by atoms with Gasteiger partial charge in [0.15, 0.2) is 0 Å². The summed E-state index contributed by atoms with van der Waals surface area (Å²) >= 11 is 0. The molecule has 1 saturated carbocycles. The lowest BCUT2D eigenvalue weighted by atomic mass is 10.1. The molecule has 1 saturated heterocycles. The molecule has 4 nitrogen and oxygen atoms in total. The van der Waals surface area contributed by atoms with Crippen LogP contribution in [0.4, 0.5) is 18.9 Å². The largest absolute Gasteiger partial charge is 0.416 e. The van der Waals surface area contributed by atoms with Crippen LogP contribution in [0.2, 0.25) is 0 Å². The Morgan fingerprint density at radius 1 is 1.19 bits per heavy atom. The van der Waals surface area contributed by atoms with Gasteiger partial charge in [0, 0.05) is 5.69 Å². The van der Waals surface area contributed by atoms with Gasteiger partial charge in [-0.2, -0.15) is 13.2 Å². The van der Waals surface area contributed by atoms with Gasteiger partial charge in [-0.05, 0) is 37.0 Å². The van der Waals surface area contributed by atoms with Crippen LogP contribution < -0.4 is 10.2 Å². The second kappa shape index (κ2) is 4.75. The number of piperazine rings is 1. The fourth-order valence-electron chi connectivity index (χ4n) is 2.49. The highest BCUT2D eigenvalue weighted by Crippen LogP contribution is 2.36. The summed E-state index contributed by atoms with van der Waals surface area (Å²) in [6.45, 7) is -0.247. The molecule has 1 aliphatic carbocycles. The number of carbonyl (C=O) groups excluding carboxylic acids is 2. The van der Waals surface area contributed by atoms with Crippen LogP contribution in [0, 0.1) is 5.92 Å². The van der Waals surface area contributed by atoms with E-state index in [-0.39, 0.29) is 30.0 Å². The Morgan fingerprint density at radius 3 is 2.52 bits per heavy atom. The smallest absolute Gasteiger partial charge is 0.342 e. The highest BCUT2D eigenvalue weighted by Gasteiger charge is 2.43. The number of amides is 2. The van der Waals surface area contributed by atoms with Crippen LogP contribution >= 0.6 is 0 Å². The van der Waals surface area contributed by atoms with Crippen molar-refractivity contribution in [2.24, 2.45) is 5.92 Å². The first kappa shape index (κ1) is 13.9. The maximum absolute atomic E-state index is 12.7. The van der Waals surface area contributed by atoms with Gasteiger partial charge >= 0.3 is 6.18 Å². The van der Waals surface area contributed by atoms with Crippen LogP contribution in [-0.2, 0) is 15.8 Å². The molecule has 2 amide bonds. The lowest BCUT2D eigenvalue weighted by molar-refractivity contribution is -0.137. The van der Waals surface area contributed by atoms with Crippen molar-refractivity contribution >= 4 is 17.5 Å². The molecule has 1 aromatic carbocycles. The minimum absolute atomic E-state index is 0.107. The molecule has 21 heavy (non-hydrogen) atoms. The average Bonchev–Trinajstić information content (AvgIpc) is 3.24. The molecule has 1 aromatic rings. The topological polar surface area (TPSA) is 49.4 Å². The van der Waals surface area contributed by atoms with Crippen molar-refractivity contribution in [3.63, 3.8) is 0 Å². The van der Waals surface area contributed by atoms with E-state index in [9.17, 15) is 22.8 Å². The molecule has 0 bridgehead atoms. The van der Waals surface area contributed by atoms with Crippen molar-refractivity contribution in [3.8, 4) is 0 Å². The Labute approximate surface area is 118 Å². The third-order valence-corrected chi connectivity index (χ3v) is 3.73. The maximum Gasteiger partial charge on any atom is 0.416 e. The maximum atomic E-state index is 12.7. The van der Waals surface area contributed by atoms with E-state index in [0.29, 0.717) is 0 Å². The summed E-state index contributed by atoms with van der Waals surface area (Å²) in [6, 6.07) is 3.89. The quantitative estimate of drug-likeness (QED) is 0.907. The monoisotopic (exact) mass is 298 g/mol. The van der Waals surface area contributed by atoms with Crippen molar-refractivity contribution < 1.29 is 22.8 Å². The highest BCUT2D eigenvalue weighted by atomic mass is 19.4. The molecule has 0 aromatic heterocycles. The SMILES string of the molecule is O=C1CN(c2cccc(C(F)(F)F)c2)C(=O)C(C2CC2)N1. The van der Waals surface area contributed by atoms with Gasteiger partial charge in [0.1, 0.15) is 12.6 Å². The molecule has 112 valence electrons. The van der Waals surface area contributed by atoms with E-state index in [2.05, 4.69) is 5.32 Å². The second-order valence-electron chi connectivity index (χ2n) is 5.36. The van der Waals surface area contributed by atoms with Crippen LogP contribution in [-0.4, -0.2) is 24.4 Å². The molecule has 1 unspecified atom stereocenters. The molecule has 3 rings (SSSR count). The summed E-state index contributed by atoms with van der Waals surface area (Å²) in [5.41, 5.74) is -0.725. The molecule has 0 spiro atoms. The number of hydrogen-bond donors (Lipinski definition) is 1. The molecule has 7 heteroatoms. The average molecular weight is 298 g/mol. The second-order valence-corrected chi connectivity index (χ2v) is 5.36. The first-order valence-corrected chi connectivity index (χ1v) is 6.64. The number of alkyl halides is 3. The first-order valence-electron chi connectivity index (χ1n) is 6.64. The van der Waals surface area contributed by atoms with E-state index in [4.69, 9.17) is 0 Å². The highest BCUT2D eigenvalue weighted by molar-refractivity contribution is 6.06. The zero-order chi connectivity index (χ0) is 15.2. The number of carbonyl (C=O) groups is 2. The number of nitrogens with one attached hydrogen (secondary N) is 1. The fourth-order valence-corrected chi connectivity index (χ4v) is 2.49. The van der Waals surface area contributed by atoms with Gasteiger partial charge in [0.05, 0.1) is 5.56 Å². The Balaban J connectivity index is 1.91. The molecule has 1 heterocycles. The van der Waals surface area contributed by atoms with E-state index in [1.165, 1.54) is 12.1 Å². The predicted octanol–water partition coefficient (Wildman–Crippen LogP) is 1.95. The Morgan fingerprint density at radius 2 is 1.90 bits per heavy atom. The van der Waals surface area contributed by atoms with Crippen molar-refractivity contribution in [2.45, 2.75) is 25.1 Å². The number of halogens is 3. The van der Waals surface area contributed by atoms with Crippen LogP contribution in [0.15, 0.2) is 24.3 Å². The molecule has 2 aliphatic rings. The number of anilines is 1. The van der Waals surface area contributed by atoms with Gasteiger partial charge in [-0.3, -0.25) is 9.59 Å². The van der Waals surface area contributed by atoms with Crippen LogP contribution in [0.1, 0.15) is 18.4 Å². The fraction of sp³-hybridized carbons (Fsp3) is 0.429. The predicted molar refractivity (Wildman–Crippen MR) is 68.5 cm³/mol. The number of nitrogens with zero attached hydrogens (tertiary/aromatic N) is 1. The molecule has 0 radical (unpaired) electrons. The van der Waals surface area contributed by atoms with Gasteiger partial charge in [-0.25, -0.2) is 0 Å². The number of benzene rings is 1. The summed E-state index contributed by atoms with van der Waals surface area (Å²) in [4.78, 5) is 25.2. The zero-order valence-electron chi connectivity index (χ0n) is 11.0. The van der Waals surface area contributed by atoms with Gasteiger partial charge in [-0.1, -0.05) is 6.07 Å².